The summed E-state index contributed by atoms with van der Waals surface area (Å²) in [5, 5.41) is 0. The van der Waals surface area contributed by atoms with E-state index in [1.807, 2.05) is 26.0 Å². The Hall–Kier alpha value is -2.30. The molecule has 5 nitrogen and oxygen atoms in total. The molecule has 88 valence electrons. The van der Waals surface area contributed by atoms with Gasteiger partial charge in [0.2, 0.25) is 0 Å². The highest BCUT2D eigenvalue weighted by atomic mass is 16.2. The van der Waals surface area contributed by atoms with Crippen molar-refractivity contribution < 1.29 is 4.79 Å². The average molecular weight is 230 g/mol. The molecule has 0 aromatic carbocycles. The van der Waals surface area contributed by atoms with Gasteiger partial charge in [-0.15, -0.1) is 0 Å². The third-order valence-electron chi connectivity index (χ3n) is 2.54. The SMILES string of the molecule is Cc1ccc(C)n1NC(=O)c1ncccc1N. The Kier molecular flexibility index (Phi) is 2.82. The molecular weight excluding hydrogens is 216 g/mol. The molecule has 17 heavy (non-hydrogen) atoms. The molecule has 3 N–H and O–H groups in total. The van der Waals surface area contributed by atoms with E-state index in [-0.39, 0.29) is 11.6 Å². The maximum atomic E-state index is 12.0. The van der Waals surface area contributed by atoms with Crippen LogP contribution in [0.2, 0.25) is 0 Å². The number of aryl methyl sites for hydroxylation is 2. The average Bonchev–Trinajstić information content (AvgIpc) is 2.61. The third-order valence-corrected chi connectivity index (χ3v) is 2.54. The number of carbonyl (C=O) groups is 1. The van der Waals surface area contributed by atoms with E-state index >= 15 is 0 Å². The van der Waals surface area contributed by atoms with Gasteiger partial charge in [0, 0.05) is 17.6 Å². The number of nitrogens with one attached hydrogen (secondary N) is 1. The molecule has 0 radical (unpaired) electrons. The van der Waals surface area contributed by atoms with Gasteiger partial charge in [-0.25, -0.2) is 4.98 Å². The molecule has 0 spiro atoms. The number of hydrogen-bond acceptors (Lipinski definition) is 3. The highest BCUT2D eigenvalue weighted by Gasteiger charge is 2.12. The molecule has 2 rings (SSSR count). The Labute approximate surface area is 99.2 Å². The predicted molar refractivity (Wildman–Crippen MR) is 66.2 cm³/mol. The van der Waals surface area contributed by atoms with Gasteiger partial charge >= 0.3 is 0 Å². The Morgan fingerprint density at radius 1 is 1.29 bits per heavy atom. The van der Waals surface area contributed by atoms with E-state index in [9.17, 15) is 4.79 Å². The topological polar surface area (TPSA) is 72.9 Å². The zero-order valence-corrected chi connectivity index (χ0v) is 9.77. The van der Waals surface area contributed by atoms with Crippen LogP contribution in [0.15, 0.2) is 30.5 Å². The van der Waals surface area contributed by atoms with E-state index in [1.165, 1.54) is 0 Å². The largest absolute Gasteiger partial charge is 0.397 e. The van der Waals surface area contributed by atoms with E-state index in [0.717, 1.165) is 11.4 Å². The first-order valence-corrected chi connectivity index (χ1v) is 5.26. The van der Waals surface area contributed by atoms with Gasteiger partial charge in [-0.2, -0.15) is 0 Å². The van der Waals surface area contributed by atoms with Crippen molar-refractivity contribution in [3.8, 4) is 0 Å². The van der Waals surface area contributed by atoms with Gasteiger partial charge in [-0.1, -0.05) is 0 Å². The number of amides is 1. The van der Waals surface area contributed by atoms with Crippen LogP contribution in [-0.4, -0.2) is 15.6 Å². The van der Waals surface area contributed by atoms with E-state index in [2.05, 4.69) is 10.4 Å². The summed E-state index contributed by atoms with van der Waals surface area (Å²) in [6, 6.07) is 7.20. The summed E-state index contributed by atoms with van der Waals surface area (Å²) in [7, 11) is 0. The van der Waals surface area contributed by atoms with Crippen LogP contribution in [0.3, 0.4) is 0 Å². The molecule has 0 unspecified atom stereocenters. The van der Waals surface area contributed by atoms with Crippen LogP contribution in [-0.2, 0) is 0 Å². The van der Waals surface area contributed by atoms with Crippen molar-refractivity contribution in [2.45, 2.75) is 13.8 Å². The summed E-state index contributed by atoms with van der Waals surface area (Å²) in [6.45, 7) is 3.82. The van der Waals surface area contributed by atoms with Crippen molar-refractivity contribution >= 4 is 11.6 Å². The zero-order chi connectivity index (χ0) is 12.4. The lowest BCUT2D eigenvalue weighted by Crippen LogP contribution is -2.26. The summed E-state index contributed by atoms with van der Waals surface area (Å²) >= 11 is 0. The first kappa shape index (κ1) is 11.2. The van der Waals surface area contributed by atoms with Crippen molar-refractivity contribution in [1.82, 2.24) is 9.66 Å². The maximum Gasteiger partial charge on any atom is 0.290 e. The van der Waals surface area contributed by atoms with Gasteiger partial charge in [0.05, 0.1) is 5.69 Å². The third kappa shape index (κ3) is 2.13. The summed E-state index contributed by atoms with van der Waals surface area (Å²) in [4.78, 5) is 15.9. The van der Waals surface area contributed by atoms with Crippen LogP contribution in [0, 0.1) is 13.8 Å². The Morgan fingerprint density at radius 3 is 2.53 bits per heavy atom. The van der Waals surface area contributed by atoms with Gasteiger partial charge < -0.3 is 5.73 Å². The molecule has 5 heteroatoms. The number of nitrogen functional groups attached to an aromatic ring is 1. The van der Waals surface area contributed by atoms with Crippen molar-refractivity contribution in [2.75, 3.05) is 11.2 Å². The first-order chi connectivity index (χ1) is 8.09. The van der Waals surface area contributed by atoms with Crippen molar-refractivity contribution in [3.05, 3.63) is 47.5 Å². The number of carbonyl (C=O) groups excluding carboxylic acids is 1. The molecular formula is C12H14N4O. The molecule has 0 atom stereocenters. The van der Waals surface area contributed by atoms with Gasteiger partial charge in [-0.05, 0) is 38.1 Å². The number of aromatic nitrogens is 2. The van der Waals surface area contributed by atoms with Crippen LogP contribution >= 0.6 is 0 Å². The molecule has 0 aliphatic heterocycles. The van der Waals surface area contributed by atoms with Crippen molar-refractivity contribution in [2.24, 2.45) is 0 Å². The maximum absolute atomic E-state index is 12.0. The number of rotatable bonds is 2. The van der Waals surface area contributed by atoms with Crippen LogP contribution in [0.1, 0.15) is 21.9 Å². The number of nitrogens with zero attached hydrogens (tertiary/aromatic N) is 2. The fourth-order valence-corrected chi connectivity index (χ4v) is 1.61. The molecule has 0 bridgehead atoms. The zero-order valence-electron chi connectivity index (χ0n) is 9.77. The van der Waals surface area contributed by atoms with Crippen molar-refractivity contribution in [1.29, 1.82) is 0 Å². The molecule has 0 saturated heterocycles. The molecule has 0 aliphatic rings. The Bertz CT molecular complexity index is 540. The lowest BCUT2D eigenvalue weighted by atomic mass is 10.3. The fourth-order valence-electron chi connectivity index (χ4n) is 1.61. The van der Waals surface area contributed by atoms with E-state index < -0.39 is 0 Å². The number of hydrogen-bond donors (Lipinski definition) is 2. The molecule has 2 heterocycles. The summed E-state index contributed by atoms with van der Waals surface area (Å²) in [5.41, 5.74) is 10.9. The van der Waals surface area contributed by atoms with Gasteiger partial charge in [0.1, 0.15) is 0 Å². The summed E-state index contributed by atoms with van der Waals surface area (Å²) in [5.74, 6) is -0.314. The Balaban J connectivity index is 2.27. The van der Waals surface area contributed by atoms with Crippen LogP contribution in [0.25, 0.3) is 0 Å². The monoisotopic (exact) mass is 230 g/mol. The van der Waals surface area contributed by atoms with Crippen LogP contribution < -0.4 is 11.2 Å². The molecule has 1 amide bonds. The molecule has 2 aromatic rings. The van der Waals surface area contributed by atoms with Gasteiger partial charge in [0.15, 0.2) is 5.69 Å². The van der Waals surface area contributed by atoms with Gasteiger partial charge in [0.25, 0.3) is 5.91 Å². The Morgan fingerprint density at radius 2 is 1.94 bits per heavy atom. The number of nitrogens with two attached hydrogens (primary N) is 1. The molecule has 0 fully saturated rings. The highest BCUT2D eigenvalue weighted by molar-refractivity contribution is 6.02. The minimum absolute atomic E-state index is 0.236. The lowest BCUT2D eigenvalue weighted by molar-refractivity contribution is 0.100. The van der Waals surface area contributed by atoms with Crippen molar-refractivity contribution in [3.63, 3.8) is 0 Å². The lowest BCUT2D eigenvalue weighted by Gasteiger charge is -2.11. The van der Waals surface area contributed by atoms with E-state index in [1.54, 1.807) is 23.0 Å². The highest BCUT2D eigenvalue weighted by Crippen LogP contribution is 2.09. The van der Waals surface area contributed by atoms with Crippen LogP contribution in [0.4, 0.5) is 5.69 Å². The van der Waals surface area contributed by atoms with Gasteiger partial charge in [-0.3, -0.25) is 14.9 Å². The molecule has 2 aromatic heterocycles. The summed E-state index contributed by atoms with van der Waals surface area (Å²) < 4.78 is 1.70. The second kappa shape index (κ2) is 4.29. The quantitative estimate of drug-likeness (QED) is 0.820. The predicted octanol–water partition coefficient (Wildman–Crippen LogP) is 1.47. The van der Waals surface area contributed by atoms with Crippen LogP contribution in [0.5, 0.6) is 0 Å². The minimum Gasteiger partial charge on any atom is -0.397 e. The number of pyridine rings is 1. The normalized spacial score (nSPS) is 10.2. The smallest absolute Gasteiger partial charge is 0.290 e. The molecule has 0 saturated carbocycles. The standard InChI is InChI=1S/C12H14N4O/c1-8-5-6-9(2)16(8)15-12(17)11-10(13)4-3-7-14-11/h3-7H,13H2,1-2H3,(H,15,17). The fraction of sp³-hybridized carbons (Fsp3) is 0.167. The second-order valence-corrected chi connectivity index (χ2v) is 3.83. The number of anilines is 1. The second-order valence-electron chi connectivity index (χ2n) is 3.83. The minimum atomic E-state index is -0.314. The molecule has 0 aliphatic carbocycles. The van der Waals surface area contributed by atoms with E-state index in [4.69, 9.17) is 5.73 Å². The summed E-state index contributed by atoms with van der Waals surface area (Å²) in [6.07, 6.45) is 1.54. The van der Waals surface area contributed by atoms with E-state index in [0.29, 0.717) is 5.69 Å². The first-order valence-electron chi connectivity index (χ1n) is 5.26.